The van der Waals surface area contributed by atoms with E-state index in [1.165, 1.54) is 0 Å². The molecule has 2 aromatic rings. The van der Waals surface area contributed by atoms with Crippen LogP contribution in [0.5, 0.6) is 17.2 Å². The number of fused-ring (bicyclic) bond motifs is 1. The Morgan fingerprint density at radius 3 is 2.83 bits per heavy atom. The highest BCUT2D eigenvalue weighted by atomic mass is 19.1. The van der Waals surface area contributed by atoms with E-state index in [1.807, 2.05) is 0 Å². The third-order valence-electron chi connectivity index (χ3n) is 3.15. The first-order valence-electron chi connectivity index (χ1n) is 6.79. The van der Waals surface area contributed by atoms with Gasteiger partial charge >= 0.3 is 0 Å². The quantitative estimate of drug-likeness (QED) is 0.666. The number of rotatable bonds is 5. The van der Waals surface area contributed by atoms with E-state index in [4.69, 9.17) is 14.2 Å². The first kappa shape index (κ1) is 15.5. The minimum atomic E-state index is -0.781. The van der Waals surface area contributed by atoms with Crippen molar-refractivity contribution in [3.63, 3.8) is 0 Å². The maximum atomic E-state index is 13.6. The Kier molecular flexibility index (Phi) is 4.15. The number of carbonyl (C=O) groups is 1. The minimum absolute atomic E-state index is 0.116. The Morgan fingerprint density at radius 2 is 2.04 bits per heavy atom. The number of hydrogen-bond donors (Lipinski definition) is 1. The largest absolute Gasteiger partial charge is 0.484 e. The number of nitrogens with one attached hydrogen (secondary N) is 1. The number of benzene rings is 2. The highest BCUT2D eigenvalue weighted by Gasteiger charge is 2.16. The topological polar surface area (TPSA) is 99.9 Å². The molecule has 0 aliphatic carbocycles. The van der Waals surface area contributed by atoms with Gasteiger partial charge in [-0.3, -0.25) is 14.9 Å². The van der Waals surface area contributed by atoms with Crippen LogP contribution in [0.3, 0.4) is 0 Å². The molecule has 0 radical (unpaired) electrons. The molecule has 1 aliphatic heterocycles. The van der Waals surface area contributed by atoms with Crippen molar-refractivity contribution in [3.05, 3.63) is 52.3 Å². The van der Waals surface area contributed by atoms with Gasteiger partial charge in [-0.25, -0.2) is 4.39 Å². The summed E-state index contributed by atoms with van der Waals surface area (Å²) in [4.78, 5) is 21.8. The molecule has 0 fully saturated rings. The van der Waals surface area contributed by atoms with Crippen LogP contribution in [-0.2, 0) is 4.79 Å². The predicted octanol–water partition coefficient (Wildman–Crippen LogP) is 2.48. The standard InChI is InChI=1S/C15H11FN2O6/c16-11-3-1-9(18(20)21)5-12(11)17-15(19)7-22-10-2-4-13-14(6-10)24-8-23-13/h1-6H,7-8H2,(H,17,19). The number of amides is 1. The van der Waals surface area contributed by atoms with Crippen LogP contribution in [-0.4, -0.2) is 24.2 Å². The van der Waals surface area contributed by atoms with E-state index in [0.29, 0.717) is 17.2 Å². The monoisotopic (exact) mass is 334 g/mol. The van der Waals surface area contributed by atoms with Crippen molar-refractivity contribution in [2.45, 2.75) is 0 Å². The van der Waals surface area contributed by atoms with E-state index >= 15 is 0 Å². The first-order chi connectivity index (χ1) is 11.5. The van der Waals surface area contributed by atoms with E-state index in [2.05, 4.69) is 5.32 Å². The van der Waals surface area contributed by atoms with Gasteiger partial charge in [0.05, 0.1) is 10.6 Å². The van der Waals surface area contributed by atoms with E-state index in [1.54, 1.807) is 18.2 Å². The SMILES string of the molecule is O=C(COc1ccc2c(c1)OCO2)Nc1cc([N+](=O)[O-])ccc1F. The van der Waals surface area contributed by atoms with Gasteiger partial charge in [-0.05, 0) is 18.2 Å². The zero-order valence-corrected chi connectivity index (χ0v) is 12.2. The lowest BCUT2D eigenvalue weighted by molar-refractivity contribution is -0.384. The van der Waals surface area contributed by atoms with Gasteiger partial charge < -0.3 is 19.5 Å². The molecule has 1 heterocycles. The van der Waals surface area contributed by atoms with E-state index in [0.717, 1.165) is 18.2 Å². The van der Waals surface area contributed by atoms with E-state index in [9.17, 15) is 19.3 Å². The van der Waals surface area contributed by atoms with Gasteiger partial charge in [-0.15, -0.1) is 0 Å². The van der Waals surface area contributed by atoms with Gasteiger partial charge in [0.15, 0.2) is 18.1 Å². The number of nitrogens with zero attached hydrogens (tertiary/aromatic N) is 1. The molecule has 0 spiro atoms. The van der Waals surface area contributed by atoms with Crippen molar-refractivity contribution < 1.29 is 28.3 Å². The Labute approximate surface area is 134 Å². The number of nitro groups is 1. The fourth-order valence-corrected chi connectivity index (χ4v) is 2.02. The van der Waals surface area contributed by atoms with Crippen LogP contribution in [0.15, 0.2) is 36.4 Å². The lowest BCUT2D eigenvalue weighted by Crippen LogP contribution is -2.20. The number of hydrogen-bond acceptors (Lipinski definition) is 6. The fraction of sp³-hybridized carbons (Fsp3) is 0.133. The smallest absolute Gasteiger partial charge is 0.271 e. The molecule has 0 saturated heterocycles. The number of carbonyl (C=O) groups excluding carboxylic acids is 1. The molecule has 0 bridgehead atoms. The molecular weight excluding hydrogens is 323 g/mol. The third kappa shape index (κ3) is 3.35. The van der Waals surface area contributed by atoms with Crippen molar-refractivity contribution in [1.82, 2.24) is 0 Å². The predicted molar refractivity (Wildman–Crippen MR) is 79.7 cm³/mol. The van der Waals surface area contributed by atoms with E-state index < -0.39 is 23.3 Å². The second kappa shape index (κ2) is 6.41. The molecular formula is C15H11FN2O6. The number of nitro benzene ring substituents is 1. The molecule has 1 N–H and O–H groups in total. The van der Waals surface area contributed by atoms with Crippen LogP contribution in [0.4, 0.5) is 15.8 Å². The van der Waals surface area contributed by atoms with Crippen molar-refractivity contribution in [1.29, 1.82) is 0 Å². The Morgan fingerprint density at radius 1 is 1.25 bits per heavy atom. The lowest BCUT2D eigenvalue weighted by Gasteiger charge is -2.08. The summed E-state index contributed by atoms with van der Waals surface area (Å²) in [5.74, 6) is 0.00103. The molecule has 124 valence electrons. The van der Waals surface area contributed by atoms with E-state index in [-0.39, 0.29) is 18.2 Å². The van der Waals surface area contributed by atoms with Crippen molar-refractivity contribution in [2.24, 2.45) is 0 Å². The summed E-state index contributed by atoms with van der Waals surface area (Å²) in [6.45, 7) is -0.285. The summed E-state index contributed by atoms with van der Waals surface area (Å²) in [5, 5.41) is 12.9. The van der Waals surface area contributed by atoms with Gasteiger partial charge in [-0.1, -0.05) is 0 Å². The zero-order valence-electron chi connectivity index (χ0n) is 12.2. The molecule has 3 rings (SSSR count). The summed E-state index contributed by atoms with van der Waals surface area (Å²) >= 11 is 0. The molecule has 24 heavy (non-hydrogen) atoms. The first-order valence-corrected chi connectivity index (χ1v) is 6.79. The van der Waals surface area contributed by atoms with Gasteiger partial charge in [-0.2, -0.15) is 0 Å². The maximum Gasteiger partial charge on any atom is 0.271 e. The number of non-ortho nitro benzene ring substituents is 1. The Bertz CT molecular complexity index is 811. The van der Waals surface area contributed by atoms with Gasteiger partial charge in [0.25, 0.3) is 11.6 Å². The second-order valence-electron chi connectivity index (χ2n) is 4.77. The third-order valence-corrected chi connectivity index (χ3v) is 3.15. The number of halogens is 1. The molecule has 0 atom stereocenters. The highest BCUT2D eigenvalue weighted by Crippen LogP contribution is 2.35. The van der Waals surface area contributed by atoms with Crippen LogP contribution in [0.1, 0.15) is 0 Å². The molecule has 1 aliphatic rings. The zero-order chi connectivity index (χ0) is 17.1. The Hall–Kier alpha value is -3.36. The molecule has 9 heteroatoms. The average Bonchev–Trinajstić information content (AvgIpc) is 3.02. The minimum Gasteiger partial charge on any atom is -0.484 e. The Balaban J connectivity index is 1.62. The van der Waals surface area contributed by atoms with Crippen LogP contribution in [0.25, 0.3) is 0 Å². The summed E-state index contributed by atoms with van der Waals surface area (Å²) in [5.41, 5.74) is -0.619. The number of ether oxygens (including phenoxy) is 3. The van der Waals surface area contributed by atoms with Crippen LogP contribution < -0.4 is 19.5 Å². The average molecular weight is 334 g/mol. The lowest BCUT2D eigenvalue weighted by atomic mass is 10.2. The van der Waals surface area contributed by atoms with Crippen molar-refractivity contribution in [2.75, 3.05) is 18.7 Å². The highest BCUT2D eigenvalue weighted by molar-refractivity contribution is 5.92. The molecule has 0 saturated carbocycles. The van der Waals surface area contributed by atoms with Crippen LogP contribution in [0.2, 0.25) is 0 Å². The molecule has 1 amide bonds. The summed E-state index contributed by atoms with van der Waals surface area (Å²) in [6, 6.07) is 7.64. The molecule has 2 aromatic carbocycles. The summed E-state index contributed by atoms with van der Waals surface area (Å²) < 4.78 is 29.2. The van der Waals surface area contributed by atoms with Crippen molar-refractivity contribution in [3.8, 4) is 17.2 Å². The van der Waals surface area contributed by atoms with Gasteiger partial charge in [0.2, 0.25) is 6.79 Å². The van der Waals surface area contributed by atoms with Gasteiger partial charge in [0, 0.05) is 18.2 Å². The van der Waals surface area contributed by atoms with Gasteiger partial charge in [0.1, 0.15) is 11.6 Å². The maximum absolute atomic E-state index is 13.6. The fourth-order valence-electron chi connectivity index (χ4n) is 2.02. The molecule has 0 unspecified atom stereocenters. The molecule has 0 aromatic heterocycles. The van der Waals surface area contributed by atoms with Crippen LogP contribution >= 0.6 is 0 Å². The second-order valence-corrected chi connectivity index (χ2v) is 4.77. The molecule has 8 nitrogen and oxygen atoms in total. The van der Waals surface area contributed by atoms with Crippen molar-refractivity contribution >= 4 is 17.3 Å². The summed E-state index contributed by atoms with van der Waals surface area (Å²) in [7, 11) is 0. The number of anilines is 1. The summed E-state index contributed by atoms with van der Waals surface area (Å²) in [6.07, 6.45) is 0. The van der Waals surface area contributed by atoms with Crippen LogP contribution in [0, 0.1) is 15.9 Å². The normalized spacial score (nSPS) is 11.9.